The maximum absolute atomic E-state index is 12.1. The summed E-state index contributed by atoms with van der Waals surface area (Å²) >= 11 is 0. The first-order valence-corrected chi connectivity index (χ1v) is 8.33. The van der Waals surface area contributed by atoms with Gasteiger partial charge in [0.25, 0.3) is 0 Å². The van der Waals surface area contributed by atoms with Crippen molar-refractivity contribution in [1.29, 1.82) is 0 Å². The highest BCUT2D eigenvalue weighted by Crippen LogP contribution is 2.16. The summed E-state index contributed by atoms with van der Waals surface area (Å²) in [7, 11) is 0. The minimum atomic E-state index is -4.42. The molecule has 1 amide bonds. The number of carbonyl (C=O) groups is 1. The molecule has 1 atom stereocenters. The van der Waals surface area contributed by atoms with Crippen molar-refractivity contribution >= 4 is 11.6 Å². The number of nitrogens with one attached hydrogen (secondary N) is 1. The summed E-state index contributed by atoms with van der Waals surface area (Å²) < 4.78 is 40.7. The van der Waals surface area contributed by atoms with Gasteiger partial charge in [0.2, 0.25) is 5.91 Å². The number of nitrogens with zero attached hydrogens (tertiary/aromatic N) is 2. The van der Waals surface area contributed by atoms with Gasteiger partial charge < -0.3 is 15.0 Å². The first-order chi connectivity index (χ1) is 11.8. The molecular formula is C17H24F3N3O2. The van der Waals surface area contributed by atoms with Gasteiger partial charge in [-0.05, 0) is 19.1 Å². The van der Waals surface area contributed by atoms with Gasteiger partial charge in [-0.2, -0.15) is 13.2 Å². The Morgan fingerprint density at radius 2 is 1.84 bits per heavy atom. The number of para-hydroxylation sites is 1. The van der Waals surface area contributed by atoms with Crippen LogP contribution in [0.25, 0.3) is 0 Å². The molecule has 0 unspecified atom stereocenters. The third kappa shape index (κ3) is 6.91. The zero-order valence-corrected chi connectivity index (χ0v) is 14.3. The van der Waals surface area contributed by atoms with Gasteiger partial charge in [-0.1, -0.05) is 18.2 Å². The molecule has 1 fully saturated rings. The number of ether oxygens (including phenoxy) is 1. The molecule has 5 nitrogen and oxygen atoms in total. The molecule has 2 rings (SSSR count). The molecule has 0 saturated carbocycles. The second-order valence-corrected chi connectivity index (χ2v) is 6.02. The number of amides is 1. The first kappa shape index (κ1) is 19.5. The molecule has 1 saturated heterocycles. The SMILES string of the molecule is C[C@@H](OCC(F)(F)F)C(=O)NCCN1CCN(c2ccccc2)CC1. The summed E-state index contributed by atoms with van der Waals surface area (Å²) in [5.74, 6) is -0.521. The zero-order chi connectivity index (χ0) is 18.3. The van der Waals surface area contributed by atoms with Crippen LogP contribution in [-0.4, -0.2) is 69.0 Å². The highest BCUT2D eigenvalue weighted by molar-refractivity contribution is 5.80. The van der Waals surface area contributed by atoms with E-state index in [9.17, 15) is 18.0 Å². The summed E-state index contributed by atoms with van der Waals surface area (Å²) in [5, 5.41) is 2.62. The van der Waals surface area contributed by atoms with Crippen molar-refractivity contribution in [1.82, 2.24) is 10.2 Å². The molecule has 1 heterocycles. The maximum Gasteiger partial charge on any atom is 0.411 e. The highest BCUT2D eigenvalue weighted by atomic mass is 19.4. The van der Waals surface area contributed by atoms with E-state index in [0.717, 1.165) is 26.2 Å². The van der Waals surface area contributed by atoms with Crippen LogP contribution >= 0.6 is 0 Å². The van der Waals surface area contributed by atoms with Crippen LogP contribution in [0, 0.1) is 0 Å². The lowest BCUT2D eigenvalue weighted by atomic mass is 10.2. The molecule has 0 aromatic heterocycles. The minimum absolute atomic E-state index is 0.393. The Morgan fingerprint density at radius 1 is 1.20 bits per heavy atom. The summed E-state index contributed by atoms with van der Waals surface area (Å²) in [5.41, 5.74) is 1.20. The topological polar surface area (TPSA) is 44.8 Å². The van der Waals surface area contributed by atoms with Gasteiger partial charge in [-0.3, -0.25) is 9.69 Å². The van der Waals surface area contributed by atoms with Crippen LogP contribution < -0.4 is 10.2 Å². The van der Waals surface area contributed by atoms with Crippen molar-refractivity contribution in [3.05, 3.63) is 30.3 Å². The largest absolute Gasteiger partial charge is 0.411 e. The van der Waals surface area contributed by atoms with Crippen molar-refractivity contribution in [2.24, 2.45) is 0 Å². The number of anilines is 1. The molecule has 0 bridgehead atoms. The highest BCUT2D eigenvalue weighted by Gasteiger charge is 2.29. The number of hydrogen-bond acceptors (Lipinski definition) is 4. The first-order valence-electron chi connectivity index (χ1n) is 8.33. The lowest BCUT2D eigenvalue weighted by Gasteiger charge is -2.36. The Hall–Kier alpha value is -1.80. The molecule has 140 valence electrons. The van der Waals surface area contributed by atoms with Crippen LogP contribution in [0.1, 0.15) is 6.92 Å². The number of piperazine rings is 1. The van der Waals surface area contributed by atoms with E-state index in [2.05, 4.69) is 32.0 Å². The van der Waals surface area contributed by atoms with Crippen molar-refractivity contribution < 1.29 is 22.7 Å². The Morgan fingerprint density at radius 3 is 2.44 bits per heavy atom. The van der Waals surface area contributed by atoms with Crippen LogP contribution in [0.15, 0.2) is 30.3 Å². The maximum atomic E-state index is 12.1. The normalized spacial score (nSPS) is 17.4. The summed E-state index contributed by atoms with van der Waals surface area (Å²) in [4.78, 5) is 16.2. The minimum Gasteiger partial charge on any atom is -0.369 e. The standard InChI is InChI=1S/C17H24F3N3O2/c1-14(25-13-17(18,19)20)16(24)21-7-8-22-9-11-23(12-10-22)15-5-3-2-4-6-15/h2-6,14H,7-13H2,1H3,(H,21,24)/t14-/m1/s1. The van der Waals surface area contributed by atoms with Gasteiger partial charge in [0, 0.05) is 45.0 Å². The van der Waals surface area contributed by atoms with Gasteiger partial charge in [0.1, 0.15) is 12.7 Å². The number of benzene rings is 1. The lowest BCUT2D eigenvalue weighted by Crippen LogP contribution is -2.49. The quantitative estimate of drug-likeness (QED) is 0.808. The van der Waals surface area contributed by atoms with Crippen molar-refractivity contribution in [3.63, 3.8) is 0 Å². The van der Waals surface area contributed by atoms with Crippen LogP contribution in [0.2, 0.25) is 0 Å². The van der Waals surface area contributed by atoms with Crippen LogP contribution in [-0.2, 0) is 9.53 Å². The number of carbonyl (C=O) groups excluding carboxylic acids is 1. The van der Waals surface area contributed by atoms with E-state index in [1.807, 2.05) is 18.2 Å². The van der Waals surface area contributed by atoms with E-state index in [1.165, 1.54) is 12.6 Å². The smallest absolute Gasteiger partial charge is 0.369 e. The molecule has 1 aromatic carbocycles. The fourth-order valence-electron chi connectivity index (χ4n) is 2.64. The second kappa shape index (κ2) is 9.05. The molecule has 1 aromatic rings. The fraction of sp³-hybridized carbons (Fsp3) is 0.588. The van der Waals surface area contributed by atoms with E-state index in [1.54, 1.807) is 0 Å². The number of rotatable bonds is 7. The molecule has 0 aliphatic carbocycles. The molecule has 0 spiro atoms. The molecule has 8 heteroatoms. The van der Waals surface area contributed by atoms with Crippen molar-refractivity contribution in [2.75, 3.05) is 50.8 Å². The third-order valence-corrected chi connectivity index (χ3v) is 4.09. The van der Waals surface area contributed by atoms with Gasteiger partial charge in [0.15, 0.2) is 0 Å². The molecule has 0 radical (unpaired) electrons. The zero-order valence-electron chi connectivity index (χ0n) is 14.3. The molecular weight excluding hydrogens is 335 g/mol. The van der Waals surface area contributed by atoms with Gasteiger partial charge >= 0.3 is 6.18 Å². The predicted molar refractivity (Wildman–Crippen MR) is 89.6 cm³/mol. The van der Waals surface area contributed by atoms with Gasteiger partial charge in [-0.25, -0.2) is 0 Å². The monoisotopic (exact) mass is 359 g/mol. The summed E-state index contributed by atoms with van der Waals surface area (Å²) in [6.45, 7) is 4.54. The lowest BCUT2D eigenvalue weighted by molar-refractivity contribution is -0.185. The molecule has 1 aliphatic heterocycles. The van der Waals surface area contributed by atoms with E-state index >= 15 is 0 Å². The molecule has 1 aliphatic rings. The third-order valence-electron chi connectivity index (χ3n) is 4.09. The van der Waals surface area contributed by atoms with Gasteiger partial charge in [0.05, 0.1) is 0 Å². The van der Waals surface area contributed by atoms with E-state index in [0.29, 0.717) is 13.1 Å². The fourth-order valence-corrected chi connectivity index (χ4v) is 2.64. The second-order valence-electron chi connectivity index (χ2n) is 6.02. The summed E-state index contributed by atoms with van der Waals surface area (Å²) in [6.07, 6.45) is -5.54. The molecule has 25 heavy (non-hydrogen) atoms. The average molecular weight is 359 g/mol. The number of halogens is 3. The van der Waals surface area contributed by atoms with E-state index in [4.69, 9.17) is 0 Å². The van der Waals surface area contributed by atoms with E-state index < -0.39 is 24.8 Å². The molecule has 1 N–H and O–H groups in total. The average Bonchev–Trinajstić information content (AvgIpc) is 2.60. The van der Waals surface area contributed by atoms with Crippen molar-refractivity contribution in [2.45, 2.75) is 19.2 Å². The Bertz CT molecular complexity index is 532. The Balaban J connectivity index is 1.62. The van der Waals surface area contributed by atoms with E-state index in [-0.39, 0.29) is 0 Å². The van der Waals surface area contributed by atoms with Crippen LogP contribution in [0.3, 0.4) is 0 Å². The van der Waals surface area contributed by atoms with Gasteiger partial charge in [-0.15, -0.1) is 0 Å². The van der Waals surface area contributed by atoms with Crippen LogP contribution in [0.4, 0.5) is 18.9 Å². The number of hydrogen-bond donors (Lipinski definition) is 1. The summed E-state index contributed by atoms with van der Waals surface area (Å²) in [6, 6.07) is 10.2. The Labute approximate surface area is 145 Å². The number of alkyl halides is 3. The van der Waals surface area contributed by atoms with Crippen molar-refractivity contribution in [3.8, 4) is 0 Å². The Kier molecular flexibility index (Phi) is 7.07. The predicted octanol–water partition coefficient (Wildman–Crippen LogP) is 1.89. The van der Waals surface area contributed by atoms with Crippen LogP contribution in [0.5, 0.6) is 0 Å².